The highest BCUT2D eigenvalue weighted by atomic mass is 16.2. The second-order valence-corrected chi connectivity index (χ2v) is 5.59. The number of aromatic nitrogens is 1. The number of rotatable bonds is 1. The lowest BCUT2D eigenvalue weighted by Gasteiger charge is -2.39. The predicted molar refractivity (Wildman–Crippen MR) is 77.2 cm³/mol. The first-order valence-electron chi connectivity index (χ1n) is 7.07. The van der Waals surface area contributed by atoms with Crippen LogP contribution in [0.4, 0.5) is 0 Å². The highest BCUT2D eigenvalue weighted by molar-refractivity contribution is 6.06. The van der Waals surface area contributed by atoms with Gasteiger partial charge in [-0.05, 0) is 51.3 Å². The third-order valence-corrected chi connectivity index (χ3v) is 4.25. The lowest BCUT2D eigenvalue weighted by molar-refractivity contribution is 0.0513. The van der Waals surface area contributed by atoms with Crippen molar-refractivity contribution in [3.63, 3.8) is 0 Å². The van der Waals surface area contributed by atoms with E-state index in [2.05, 4.69) is 23.7 Å². The van der Waals surface area contributed by atoms with Crippen LogP contribution in [0.25, 0.3) is 10.9 Å². The van der Waals surface area contributed by atoms with Crippen LogP contribution in [-0.2, 0) is 0 Å². The van der Waals surface area contributed by atoms with E-state index in [0.29, 0.717) is 12.1 Å². The summed E-state index contributed by atoms with van der Waals surface area (Å²) >= 11 is 0. The summed E-state index contributed by atoms with van der Waals surface area (Å²) in [4.78, 5) is 18.1. The predicted octanol–water partition coefficient (Wildman–Crippen LogP) is 3.57. The molecule has 3 nitrogen and oxygen atoms in total. The third-order valence-electron chi connectivity index (χ3n) is 4.25. The van der Waals surface area contributed by atoms with Crippen molar-refractivity contribution in [2.45, 2.75) is 45.2 Å². The van der Waals surface area contributed by atoms with Gasteiger partial charge in [0, 0.05) is 34.7 Å². The van der Waals surface area contributed by atoms with Gasteiger partial charge in [0.15, 0.2) is 0 Å². The van der Waals surface area contributed by atoms with Gasteiger partial charge < -0.3 is 9.88 Å². The average Bonchev–Trinajstić information content (AvgIpc) is 2.86. The van der Waals surface area contributed by atoms with Gasteiger partial charge in [-0.3, -0.25) is 4.79 Å². The smallest absolute Gasteiger partial charge is 0.255 e. The van der Waals surface area contributed by atoms with Crippen LogP contribution >= 0.6 is 0 Å². The number of fused-ring (bicyclic) bond motifs is 1. The summed E-state index contributed by atoms with van der Waals surface area (Å²) in [5.74, 6) is 0.171. The van der Waals surface area contributed by atoms with Gasteiger partial charge in [0.25, 0.3) is 5.91 Å². The van der Waals surface area contributed by atoms with Gasteiger partial charge in [-0.25, -0.2) is 0 Å². The zero-order chi connectivity index (χ0) is 13.4. The molecule has 2 atom stereocenters. The Kier molecular flexibility index (Phi) is 3.05. The van der Waals surface area contributed by atoms with Gasteiger partial charge in [0.1, 0.15) is 0 Å². The first-order valence-corrected chi connectivity index (χ1v) is 7.07. The van der Waals surface area contributed by atoms with Crippen LogP contribution in [-0.4, -0.2) is 27.9 Å². The largest absolute Gasteiger partial charge is 0.361 e. The van der Waals surface area contributed by atoms with Crippen molar-refractivity contribution < 1.29 is 4.79 Å². The van der Waals surface area contributed by atoms with Crippen molar-refractivity contribution in [1.82, 2.24) is 9.88 Å². The molecule has 0 saturated carbocycles. The molecular formula is C16H20N2O. The number of likely N-dealkylation sites (tertiary alicyclic amines) is 1. The van der Waals surface area contributed by atoms with Gasteiger partial charge in [-0.15, -0.1) is 0 Å². The van der Waals surface area contributed by atoms with Crippen molar-refractivity contribution in [3.05, 3.63) is 36.0 Å². The van der Waals surface area contributed by atoms with Gasteiger partial charge in [0.2, 0.25) is 0 Å². The maximum atomic E-state index is 12.8. The lowest BCUT2D eigenvalue weighted by Crippen LogP contribution is -2.47. The Morgan fingerprint density at radius 2 is 1.95 bits per heavy atom. The van der Waals surface area contributed by atoms with Crippen molar-refractivity contribution in [2.24, 2.45) is 0 Å². The molecule has 3 rings (SSSR count). The van der Waals surface area contributed by atoms with Crippen LogP contribution in [0.3, 0.4) is 0 Å². The molecule has 2 unspecified atom stereocenters. The highest BCUT2D eigenvalue weighted by Gasteiger charge is 2.30. The molecule has 2 aromatic rings. The minimum atomic E-state index is 0.171. The molecule has 100 valence electrons. The van der Waals surface area contributed by atoms with Crippen LogP contribution in [0.2, 0.25) is 0 Å². The summed E-state index contributed by atoms with van der Waals surface area (Å²) in [6.07, 6.45) is 5.34. The summed E-state index contributed by atoms with van der Waals surface area (Å²) in [6.45, 7) is 4.32. The summed E-state index contributed by atoms with van der Waals surface area (Å²) < 4.78 is 0. The van der Waals surface area contributed by atoms with Crippen molar-refractivity contribution >= 4 is 16.8 Å². The average molecular weight is 256 g/mol. The molecule has 1 aliphatic rings. The molecule has 1 fully saturated rings. The third kappa shape index (κ3) is 2.03. The van der Waals surface area contributed by atoms with Gasteiger partial charge in [-0.2, -0.15) is 0 Å². The van der Waals surface area contributed by atoms with Gasteiger partial charge >= 0.3 is 0 Å². The Morgan fingerprint density at radius 1 is 1.21 bits per heavy atom. The molecule has 2 heterocycles. The first-order chi connectivity index (χ1) is 9.18. The molecule has 1 aromatic carbocycles. The van der Waals surface area contributed by atoms with Crippen LogP contribution < -0.4 is 0 Å². The van der Waals surface area contributed by atoms with Crippen molar-refractivity contribution in [2.75, 3.05) is 0 Å². The molecular weight excluding hydrogens is 236 g/mol. The summed E-state index contributed by atoms with van der Waals surface area (Å²) in [5.41, 5.74) is 1.85. The Bertz CT molecular complexity index is 592. The van der Waals surface area contributed by atoms with E-state index in [-0.39, 0.29) is 5.91 Å². The monoisotopic (exact) mass is 256 g/mol. The summed E-state index contributed by atoms with van der Waals surface area (Å²) in [7, 11) is 0. The number of piperidine rings is 1. The van der Waals surface area contributed by atoms with E-state index in [0.717, 1.165) is 29.3 Å². The fourth-order valence-corrected chi connectivity index (χ4v) is 3.23. The molecule has 1 aliphatic heterocycles. The number of amides is 1. The van der Waals surface area contributed by atoms with E-state index < -0.39 is 0 Å². The highest BCUT2D eigenvalue weighted by Crippen LogP contribution is 2.27. The van der Waals surface area contributed by atoms with E-state index in [4.69, 9.17) is 0 Å². The van der Waals surface area contributed by atoms with E-state index in [1.54, 1.807) is 0 Å². The minimum absolute atomic E-state index is 0.171. The number of H-pyrrole nitrogens is 1. The van der Waals surface area contributed by atoms with Crippen LogP contribution in [0.1, 0.15) is 43.5 Å². The van der Waals surface area contributed by atoms with E-state index in [1.165, 1.54) is 6.42 Å². The molecule has 3 heteroatoms. The van der Waals surface area contributed by atoms with E-state index in [1.807, 2.05) is 30.5 Å². The minimum Gasteiger partial charge on any atom is -0.361 e. The van der Waals surface area contributed by atoms with Crippen molar-refractivity contribution in [1.29, 1.82) is 0 Å². The number of nitrogens with one attached hydrogen (secondary N) is 1. The topological polar surface area (TPSA) is 36.1 Å². The number of aromatic amines is 1. The Labute approximate surface area is 113 Å². The Hall–Kier alpha value is -1.77. The zero-order valence-electron chi connectivity index (χ0n) is 11.5. The van der Waals surface area contributed by atoms with Gasteiger partial charge in [-0.1, -0.05) is 6.07 Å². The van der Waals surface area contributed by atoms with E-state index in [9.17, 15) is 4.79 Å². The second-order valence-electron chi connectivity index (χ2n) is 5.59. The molecule has 0 bridgehead atoms. The van der Waals surface area contributed by atoms with Crippen LogP contribution in [0.5, 0.6) is 0 Å². The number of carbonyl (C=O) groups excluding carboxylic acids is 1. The zero-order valence-corrected chi connectivity index (χ0v) is 11.5. The number of hydrogen-bond acceptors (Lipinski definition) is 1. The SMILES string of the molecule is CC1CCCC(C)N1C(=O)c1cccc2[nH]ccc12. The number of hydrogen-bond donors (Lipinski definition) is 1. The standard InChI is InChI=1S/C16H20N2O/c1-11-5-3-6-12(2)18(11)16(19)14-7-4-8-15-13(14)9-10-17-15/h4,7-12,17H,3,5-6H2,1-2H3. The molecule has 0 spiro atoms. The summed E-state index contributed by atoms with van der Waals surface area (Å²) in [6, 6.07) is 8.56. The molecule has 0 aliphatic carbocycles. The molecule has 1 amide bonds. The Morgan fingerprint density at radius 3 is 2.68 bits per heavy atom. The molecule has 0 radical (unpaired) electrons. The summed E-state index contributed by atoms with van der Waals surface area (Å²) in [5, 5.41) is 1.03. The fourth-order valence-electron chi connectivity index (χ4n) is 3.23. The maximum Gasteiger partial charge on any atom is 0.255 e. The normalized spacial score (nSPS) is 23.8. The Balaban J connectivity index is 2.01. The lowest BCUT2D eigenvalue weighted by atomic mass is 9.96. The van der Waals surface area contributed by atoms with Crippen LogP contribution in [0, 0.1) is 0 Å². The fraction of sp³-hybridized carbons (Fsp3) is 0.438. The quantitative estimate of drug-likeness (QED) is 0.832. The second kappa shape index (κ2) is 4.72. The number of carbonyl (C=O) groups is 1. The number of nitrogens with zero attached hydrogens (tertiary/aromatic N) is 1. The van der Waals surface area contributed by atoms with Crippen molar-refractivity contribution in [3.8, 4) is 0 Å². The first kappa shape index (κ1) is 12.3. The molecule has 1 aromatic heterocycles. The maximum absolute atomic E-state index is 12.8. The van der Waals surface area contributed by atoms with Crippen LogP contribution in [0.15, 0.2) is 30.5 Å². The molecule has 19 heavy (non-hydrogen) atoms. The molecule has 1 saturated heterocycles. The van der Waals surface area contributed by atoms with Gasteiger partial charge in [0.05, 0.1) is 0 Å². The van der Waals surface area contributed by atoms with E-state index >= 15 is 0 Å². The molecule has 1 N–H and O–H groups in total. The number of benzene rings is 1.